The van der Waals surface area contributed by atoms with Crippen molar-refractivity contribution in [3.63, 3.8) is 0 Å². The number of benzene rings is 1. The summed E-state index contributed by atoms with van der Waals surface area (Å²) in [4.78, 5) is 26.0. The first-order valence-electron chi connectivity index (χ1n) is 7.58. The van der Waals surface area contributed by atoms with E-state index in [0.29, 0.717) is 35.2 Å². The van der Waals surface area contributed by atoms with Crippen molar-refractivity contribution in [3.05, 3.63) is 33.8 Å². The maximum Gasteiger partial charge on any atom is 0.243 e. The quantitative estimate of drug-likeness (QED) is 0.883. The summed E-state index contributed by atoms with van der Waals surface area (Å²) in [7, 11) is 0. The van der Waals surface area contributed by atoms with Crippen LogP contribution in [0.4, 0.5) is 0 Å². The molecular weight excluding hydrogens is 355 g/mol. The Bertz CT molecular complexity index is 655. The van der Waals surface area contributed by atoms with Crippen LogP contribution in [0.5, 0.6) is 0 Å². The minimum Gasteiger partial charge on any atom is -0.354 e. The van der Waals surface area contributed by atoms with Crippen LogP contribution in [0.2, 0.25) is 10.0 Å². The molecule has 2 aliphatic heterocycles. The third-order valence-electron chi connectivity index (χ3n) is 4.46. The average Bonchev–Trinajstić information content (AvgIpc) is 2.98. The van der Waals surface area contributed by atoms with Gasteiger partial charge in [-0.15, -0.1) is 11.8 Å². The van der Waals surface area contributed by atoms with Crippen LogP contribution < -0.4 is 5.32 Å². The predicted octanol–water partition coefficient (Wildman–Crippen LogP) is 3.11. The molecule has 0 unspecified atom stereocenters. The second-order valence-electron chi connectivity index (χ2n) is 6.04. The van der Waals surface area contributed by atoms with Gasteiger partial charge in [-0.25, -0.2) is 0 Å². The van der Waals surface area contributed by atoms with Gasteiger partial charge >= 0.3 is 0 Å². The third-order valence-corrected chi connectivity index (χ3v) is 6.55. The highest BCUT2D eigenvalue weighted by Gasteiger charge is 2.52. The van der Waals surface area contributed by atoms with Gasteiger partial charge < -0.3 is 10.2 Å². The monoisotopic (exact) mass is 372 g/mol. The maximum atomic E-state index is 12.4. The van der Waals surface area contributed by atoms with E-state index in [1.165, 1.54) is 0 Å². The first-order valence-corrected chi connectivity index (χ1v) is 9.33. The van der Waals surface area contributed by atoms with Crippen molar-refractivity contribution in [1.82, 2.24) is 10.2 Å². The van der Waals surface area contributed by atoms with Crippen molar-refractivity contribution in [2.75, 3.05) is 12.3 Å². The molecule has 2 aliphatic rings. The van der Waals surface area contributed by atoms with Crippen molar-refractivity contribution < 1.29 is 9.59 Å². The highest BCUT2D eigenvalue weighted by Crippen LogP contribution is 2.47. The molecule has 2 saturated heterocycles. The first kappa shape index (κ1) is 16.9. The van der Waals surface area contributed by atoms with Crippen molar-refractivity contribution in [1.29, 1.82) is 0 Å². The zero-order valence-corrected chi connectivity index (χ0v) is 15.1. The summed E-state index contributed by atoms with van der Waals surface area (Å²) in [6, 6.07) is 4.98. The Balaban J connectivity index is 1.57. The number of nitrogens with zero attached hydrogens (tertiary/aromatic N) is 1. The van der Waals surface area contributed by atoms with Crippen LogP contribution in [0.3, 0.4) is 0 Å². The van der Waals surface area contributed by atoms with Gasteiger partial charge in [-0.1, -0.05) is 29.3 Å². The number of nitrogens with one attached hydrogen (secondary N) is 1. The molecule has 1 aromatic carbocycles. The molecule has 23 heavy (non-hydrogen) atoms. The highest BCUT2D eigenvalue weighted by atomic mass is 35.5. The number of thioether (sulfide) groups is 1. The highest BCUT2D eigenvalue weighted by molar-refractivity contribution is 8.01. The lowest BCUT2D eigenvalue weighted by Gasteiger charge is -2.29. The second-order valence-corrected chi connectivity index (χ2v) is 8.39. The Morgan fingerprint density at radius 1 is 1.48 bits per heavy atom. The molecule has 1 N–H and O–H groups in total. The Kier molecular flexibility index (Phi) is 4.81. The summed E-state index contributed by atoms with van der Waals surface area (Å²) in [6.07, 6.45) is 1.99. The summed E-state index contributed by atoms with van der Waals surface area (Å²) in [6.45, 7) is 2.53. The van der Waals surface area contributed by atoms with E-state index in [4.69, 9.17) is 23.2 Å². The van der Waals surface area contributed by atoms with E-state index < -0.39 is 0 Å². The Morgan fingerprint density at radius 3 is 3.00 bits per heavy atom. The van der Waals surface area contributed by atoms with Crippen LogP contribution in [0.15, 0.2) is 18.2 Å². The molecule has 2 heterocycles. The molecule has 7 heteroatoms. The number of rotatable bonds is 4. The van der Waals surface area contributed by atoms with E-state index in [1.54, 1.807) is 28.8 Å². The zero-order chi connectivity index (χ0) is 16.6. The number of carbonyl (C=O) groups excluding carboxylic acids is 2. The largest absolute Gasteiger partial charge is 0.354 e. The van der Waals surface area contributed by atoms with Gasteiger partial charge in [0.2, 0.25) is 11.8 Å². The standard InChI is InChI=1S/C16H18Cl2N2O2S/c1-16-6-4-14(21)20(16)13(9-23-16)15(22)19-7-5-10-2-3-11(17)8-12(10)18/h2-3,8,13H,4-7,9H2,1H3,(H,19,22)/t13-,16+/m0/s1. The molecular formula is C16H18Cl2N2O2S. The number of halogens is 2. The van der Waals surface area contributed by atoms with Gasteiger partial charge in [0, 0.05) is 28.8 Å². The van der Waals surface area contributed by atoms with Crippen molar-refractivity contribution in [2.45, 2.75) is 37.1 Å². The summed E-state index contributed by atoms with van der Waals surface area (Å²) >= 11 is 13.7. The number of hydrogen-bond donors (Lipinski definition) is 1. The molecule has 124 valence electrons. The van der Waals surface area contributed by atoms with Crippen molar-refractivity contribution in [2.24, 2.45) is 0 Å². The average molecular weight is 373 g/mol. The van der Waals surface area contributed by atoms with E-state index in [9.17, 15) is 9.59 Å². The van der Waals surface area contributed by atoms with Crippen LogP contribution >= 0.6 is 35.0 Å². The topological polar surface area (TPSA) is 49.4 Å². The molecule has 0 radical (unpaired) electrons. The molecule has 4 nitrogen and oxygen atoms in total. The van der Waals surface area contributed by atoms with Gasteiger partial charge in [-0.05, 0) is 37.5 Å². The number of fused-ring (bicyclic) bond motifs is 1. The molecule has 0 saturated carbocycles. The van der Waals surface area contributed by atoms with Gasteiger partial charge in [0.05, 0.1) is 4.87 Å². The Labute approximate surface area is 149 Å². The van der Waals surface area contributed by atoms with Crippen molar-refractivity contribution >= 4 is 46.8 Å². The third kappa shape index (κ3) is 3.32. The predicted molar refractivity (Wildman–Crippen MR) is 93.9 cm³/mol. The van der Waals surface area contributed by atoms with Crippen LogP contribution in [-0.2, 0) is 16.0 Å². The molecule has 2 atom stereocenters. The van der Waals surface area contributed by atoms with Gasteiger partial charge in [-0.2, -0.15) is 0 Å². The zero-order valence-electron chi connectivity index (χ0n) is 12.8. The Hall–Kier alpha value is -0.910. The van der Waals surface area contributed by atoms with Gasteiger partial charge in [0.1, 0.15) is 6.04 Å². The fraction of sp³-hybridized carbons (Fsp3) is 0.500. The molecule has 3 rings (SSSR count). The lowest BCUT2D eigenvalue weighted by atomic mass is 10.1. The minimum atomic E-state index is -0.360. The summed E-state index contributed by atoms with van der Waals surface area (Å²) < 4.78 is 0. The first-order chi connectivity index (χ1) is 10.9. The van der Waals surface area contributed by atoms with Crippen LogP contribution in [-0.4, -0.2) is 39.9 Å². The van der Waals surface area contributed by atoms with E-state index in [1.807, 2.05) is 13.0 Å². The van der Waals surface area contributed by atoms with Gasteiger partial charge in [0.25, 0.3) is 0 Å². The summed E-state index contributed by atoms with van der Waals surface area (Å²) in [5.41, 5.74) is 0.944. The molecule has 0 aliphatic carbocycles. The van der Waals surface area contributed by atoms with Crippen LogP contribution in [0.1, 0.15) is 25.3 Å². The maximum absolute atomic E-state index is 12.4. The second kappa shape index (κ2) is 6.54. The fourth-order valence-corrected chi connectivity index (χ4v) is 5.11. The smallest absolute Gasteiger partial charge is 0.243 e. The van der Waals surface area contributed by atoms with Gasteiger partial charge in [0.15, 0.2) is 0 Å². The molecule has 2 fully saturated rings. The molecule has 1 aromatic rings. The van der Waals surface area contributed by atoms with Gasteiger partial charge in [-0.3, -0.25) is 9.59 Å². The van der Waals surface area contributed by atoms with E-state index in [-0.39, 0.29) is 22.7 Å². The van der Waals surface area contributed by atoms with Crippen molar-refractivity contribution in [3.8, 4) is 0 Å². The molecule has 0 bridgehead atoms. The fourth-order valence-electron chi connectivity index (χ4n) is 3.18. The summed E-state index contributed by atoms with van der Waals surface area (Å²) in [5.74, 6) is 0.662. The number of amides is 2. The molecule has 0 aromatic heterocycles. The van der Waals surface area contributed by atoms with Crippen LogP contribution in [0, 0.1) is 0 Å². The number of hydrogen-bond acceptors (Lipinski definition) is 3. The van der Waals surface area contributed by atoms with Crippen LogP contribution in [0.25, 0.3) is 0 Å². The lowest BCUT2D eigenvalue weighted by molar-refractivity contribution is -0.137. The molecule has 2 amide bonds. The van der Waals surface area contributed by atoms with E-state index in [0.717, 1.165) is 12.0 Å². The number of carbonyl (C=O) groups is 2. The van der Waals surface area contributed by atoms with E-state index >= 15 is 0 Å². The lowest BCUT2D eigenvalue weighted by Crippen LogP contribution is -2.50. The minimum absolute atomic E-state index is 0.0818. The normalized spacial score (nSPS) is 26.5. The van der Waals surface area contributed by atoms with E-state index in [2.05, 4.69) is 5.32 Å². The SMILES string of the molecule is C[C@@]12CCC(=O)N1[C@H](C(=O)NCCc1ccc(Cl)cc1Cl)CS2. The molecule has 0 spiro atoms. The Morgan fingerprint density at radius 2 is 2.26 bits per heavy atom. The summed E-state index contributed by atoms with van der Waals surface area (Å²) in [5, 5.41) is 4.12.